The van der Waals surface area contributed by atoms with E-state index in [0.717, 1.165) is 18.2 Å². The van der Waals surface area contributed by atoms with Crippen LogP contribution in [0.4, 0.5) is 8.78 Å². The molecule has 2 rings (SSSR count). The highest BCUT2D eigenvalue weighted by Crippen LogP contribution is 2.36. The third-order valence-corrected chi connectivity index (χ3v) is 2.89. The van der Waals surface area contributed by atoms with Gasteiger partial charge in [0, 0.05) is 12.5 Å². The third kappa shape index (κ3) is 1.75. The second-order valence-corrected chi connectivity index (χ2v) is 3.85. The Bertz CT molecular complexity index is 361. The van der Waals surface area contributed by atoms with E-state index in [1.165, 1.54) is 0 Å². The molecule has 15 heavy (non-hydrogen) atoms. The number of rotatable bonds is 1. The number of aliphatic hydroxyl groups is 1. The molecule has 82 valence electrons. The zero-order valence-electron chi connectivity index (χ0n) is 8.34. The highest BCUT2D eigenvalue weighted by Gasteiger charge is 2.41. The van der Waals surface area contributed by atoms with Crippen LogP contribution in [0, 0.1) is 11.6 Å². The van der Waals surface area contributed by atoms with E-state index in [4.69, 9.17) is 4.74 Å². The molecule has 2 nitrogen and oxygen atoms in total. The molecule has 1 N–H and O–H groups in total. The molecule has 1 saturated heterocycles. The van der Waals surface area contributed by atoms with Gasteiger partial charge in [-0.05, 0) is 24.6 Å². The maximum absolute atomic E-state index is 13.0. The molecular weight excluding hydrogens is 202 g/mol. The van der Waals surface area contributed by atoms with Gasteiger partial charge in [-0.3, -0.25) is 0 Å². The summed E-state index contributed by atoms with van der Waals surface area (Å²) in [5.74, 6) is -1.37. The average molecular weight is 214 g/mol. The van der Waals surface area contributed by atoms with Gasteiger partial charge < -0.3 is 9.84 Å². The highest BCUT2D eigenvalue weighted by atomic mass is 19.1. The minimum atomic E-state index is -1.27. The minimum absolute atomic E-state index is 0.241. The Morgan fingerprint density at radius 3 is 2.40 bits per heavy atom. The lowest BCUT2D eigenvalue weighted by molar-refractivity contribution is -0.0320. The van der Waals surface area contributed by atoms with Crippen LogP contribution in [-0.2, 0) is 10.3 Å². The van der Waals surface area contributed by atoms with E-state index in [1.807, 2.05) is 0 Å². The SMILES string of the molecule is CC1OCCC1(O)c1cc(F)cc(F)c1. The molecule has 0 bridgehead atoms. The smallest absolute Gasteiger partial charge is 0.126 e. The zero-order chi connectivity index (χ0) is 11.1. The van der Waals surface area contributed by atoms with Gasteiger partial charge in [0.05, 0.1) is 12.7 Å². The summed E-state index contributed by atoms with van der Waals surface area (Å²) < 4.78 is 31.2. The van der Waals surface area contributed by atoms with Gasteiger partial charge in [-0.15, -0.1) is 0 Å². The predicted molar refractivity (Wildman–Crippen MR) is 50.3 cm³/mol. The molecule has 0 aliphatic carbocycles. The Kier molecular flexibility index (Phi) is 2.48. The summed E-state index contributed by atoms with van der Waals surface area (Å²) in [6.45, 7) is 2.09. The molecule has 2 atom stereocenters. The normalized spacial score (nSPS) is 30.8. The maximum atomic E-state index is 13.0. The van der Waals surface area contributed by atoms with E-state index < -0.39 is 23.3 Å². The van der Waals surface area contributed by atoms with Crippen molar-refractivity contribution in [3.63, 3.8) is 0 Å². The number of benzene rings is 1. The van der Waals surface area contributed by atoms with Crippen molar-refractivity contribution >= 4 is 0 Å². The third-order valence-electron chi connectivity index (χ3n) is 2.89. The van der Waals surface area contributed by atoms with Crippen LogP contribution in [-0.4, -0.2) is 17.8 Å². The molecule has 1 fully saturated rings. The fourth-order valence-electron chi connectivity index (χ4n) is 1.92. The summed E-state index contributed by atoms with van der Waals surface area (Å²) in [6, 6.07) is 3.08. The molecule has 0 spiro atoms. The van der Waals surface area contributed by atoms with Gasteiger partial charge in [-0.25, -0.2) is 8.78 Å². The van der Waals surface area contributed by atoms with Crippen molar-refractivity contribution in [1.82, 2.24) is 0 Å². The first-order valence-corrected chi connectivity index (χ1v) is 4.83. The topological polar surface area (TPSA) is 29.5 Å². The molecule has 1 aliphatic heterocycles. The molecule has 1 aromatic carbocycles. The summed E-state index contributed by atoms with van der Waals surface area (Å²) in [4.78, 5) is 0. The quantitative estimate of drug-likeness (QED) is 0.774. The molecule has 1 aromatic rings. The van der Waals surface area contributed by atoms with Crippen molar-refractivity contribution in [1.29, 1.82) is 0 Å². The number of hydrogen-bond acceptors (Lipinski definition) is 2. The first-order valence-electron chi connectivity index (χ1n) is 4.83. The summed E-state index contributed by atoms with van der Waals surface area (Å²) in [5.41, 5.74) is -1.03. The number of hydrogen-bond donors (Lipinski definition) is 1. The predicted octanol–water partition coefficient (Wildman–Crippen LogP) is 1.96. The molecule has 0 amide bonds. The van der Waals surface area contributed by atoms with Crippen LogP contribution in [0.3, 0.4) is 0 Å². The summed E-state index contributed by atoms with van der Waals surface area (Å²) in [6.07, 6.45) is -0.0875. The number of halogens is 2. The van der Waals surface area contributed by atoms with Gasteiger partial charge in [0.25, 0.3) is 0 Å². The van der Waals surface area contributed by atoms with E-state index in [2.05, 4.69) is 0 Å². The summed E-state index contributed by atoms with van der Waals surface area (Å²) in [5, 5.41) is 10.2. The second-order valence-electron chi connectivity index (χ2n) is 3.85. The second kappa shape index (κ2) is 3.54. The zero-order valence-corrected chi connectivity index (χ0v) is 8.34. The van der Waals surface area contributed by atoms with E-state index >= 15 is 0 Å². The van der Waals surface area contributed by atoms with Crippen LogP contribution in [0.15, 0.2) is 18.2 Å². The maximum Gasteiger partial charge on any atom is 0.126 e. The standard InChI is InChI=1S/C11H12F2O2/c1-7-11(14,2-3-15-7)8-4-9(12)6-10(13)5-8/h4-7,14H,2-3H2,1H3. The lowest BCUT2D eigenvalue weighted by Gasteiger charge is -2.26. The fourth-order valence-corrected chi connectivity index (χ4v) is 1.92. The molecule has 2 unspecified atom stereocenters. The first-order chi connectivity index (χ1) is 7.02. The first kappa shape index (κ1) is 10.5. The van der Waals surface area contributed by atoms with E-state index in [-0.39, 0.29) is 5.56 Å². The summed E-state index contributed by atoms with van der Waals surface area (Å²) in [7, 11) is 0. The van der Waals surface area contributed by atoms with Crippen molar-refractivity contribution in [2.24, 2.45) is 0 Å². The van der Waals surface area contributed by atoms with Gasteiger partial charge in [-0.1, -0.05) is 0 Å². The molecule has 0 saturated carbocycles. The van der Waals surface area contributed by atoms with Gasteiger partial charge in [-0.2, -0.15) is 0 Å². The Morgan fingerprint density at radius 1 is 1.33 bits per heavy atom. The van der Waals surface area contributed by atoms with Crippen molar-refractivity contribution < 1.29 is 18.6 Å². The molecular formula is C11H12F2O2. The molecule has 0 aromatic heterocycles. The van der Waals surface area contributed by atoms with Crippen LogP contribution in [0.1, 0.15) is 18.9 Å². The van der Waals surface area contributed by atoms with E-state index in [0.29, 0.717) is 13.0 Å². The van der Waals surface area contributed by atoms with Gasteiger partial charge in [0.15, 0.2) is 0 Å². The largest absolute Gasteiger partial charge is 0.382 e. The van der Waals surface area contributed by atoms with Crippen LogP contribution in [0.5, 0.6) is 0 Å². The van der Waals surface area contributed by atoms with Crippen molar-refractivity contribution in [3.8, 4) is 0 Å². The monoisotopic (exact) mass is 214 g/mol. The van der Waals surface area contributed by atoms with E-state index in [1.54, 1.807) is 6.92 Å². The lowest BCUT2D eigenvalue weighted by atomic mass is 9.88. The minimum Gasteiger partial charge on any atom is -0.382 e. The van der Waals surface area contributed by atoms with Crippen molar-refractivity contribution in [3.05, 3.63) is 35.4 Å². The van der Waals surface area contributed by atoms with Crippen LogP contribution in [0.2, 0.25) is 0 Å². The van der Waals surface area contributed by atoms with Crippen molar-refractivity contribution in [2.45, 2.75) is 25.0 Å². The van der Waals surface area contributed by atoms with Crippen LogP contribution < -0.4 is 0 Å². The summed E-state index contributed by atoms with van der Waals surface area (Å²) >= 11 is 0. The Morgan fingerprint density at radius 2 is 1.93 bits per heavy atom. The van der Waals surface area contributed by atoms with Gasteiger partial charge >= 0.3 is 0 Å². The van der Waals surface area contributed by atoms with Gasteiger partial charge in [0.2, 0.25) is 0 Å². The van der Waals surface area contributed by atoms with Crippen LogP contribution in [0.25, 0.3) is 0 Å². The Hall–Kier alpha value is -1.00. The Balaban J connectivity index is 2.44. The molecule has 1 aliphatic rings. The van der Waals surface area contributed by atoms with Crippen molar-refractivity contribution in [2.75, 3.05) is 6.61 Å². The van der Waals surface area contributed by atoms with Crippen LogP contribution >= 0.6 is 0 Å². The molecule has 0 radical (unpaired) electrons. The fraction of sp³-hybridized carbons (Fsp3) is 0.455. The number of ether oxygens (including phenoxy) is 1. The van der Waals surface area contributed by atoms with E-state index in [9.17, 15) is 13.9 Å². The average Bonchev–Trinajstić information content (AvgIpc) is 2.47. The highest BCUT2D eigenvalue weighted by molar-refractivity contribution is 5.26. The van der Waals surface area contributed by atoms with Gasteiger partial charge in [0.1, 0.15) is 17.2 Å². The molecule has 4 heteroatoms. The Labute approximate surface area is 86.5 Å². The lowest BCUT2D eigenvalue weighted by Crippen LogP contribution is -2.33. The molecule has 1 heterocycles.